The molecule has 0 amide bonds. The quantitative estimate of drug-likeness (QED) is 0.420. The van der Waals surface area contributed by atoms with Crippen LogP contribution in [-0.2, 0) is 18.7 Å². The van der Waals surface area contributed by atoms with Crippen molar-refractivity contribution in [1.82, 2.24) is 0 Å². The lowest BCUT2D eigenvalue weighted by atomic mass is 9.97. The molecule has 0 bridgehead atoms. The summed E-state index contributed by atoms with van der Waals surface area (Å²) in [5.41, 5.74) is -0.263. The molecule has 0 aromatic carbocycles. The monoisotopic (exact) mass is 384 g/mol. The van der Waals surface area contributed by atoms with Gasteiger partial charge in [0.25, 0.3) is 0 Å². The van der Waals surface area contributed by atoms with Crippen molar-refractivity contribution in [2.24, 2.45) is 11.8 Å². The smallest absolute Gasteiger partial charge is 0.312 e. The zero-order valence-electron chi connectivity index (χ0n) is 18.2. The molecular weight excluding hydrogens is 344 g/mol. The van der Waals surface area contributed by atoms with E-state index in [9.17, 15) is 4.79 Å². The predicted octanol–water partition coefficient (Wildman–Crippen LogP) is 5.31. The molecule has 2 rings (SSSR count). The van der Waals surface area contributed by atoms with E-state index in [4.69, 9.17) is 13.9 Å². The van der Waals surface area contributed by atoms with Gasteiger partial charge in [-0.15, -0.1) is 0 Å². The molecule has 0 aromatic rings. The summed E-state index contributed by atoms with van der Waals surface area (Å²) >= 11 is 0. The van der Waals surface area contributed by atoms with Crippen LogP contribution in [0.1, 0.15) is 73.6 Å². The molecule has 2 aliphatic carbocycles. The summed E-state index contributed by atoms with van der Waals surface area (Å²) in [4.78, 5) is 12.4. The molecule has 0 unspecified atom stereocenters. The lowest BCUT2D eigenvalue weighted by Crippen LogP contribution is -2.44. The summed E-state index contributed by atoms with van der Waals surface area (Å²) in [7, 11) is -1.77. The highest BCUT2D eigenvalue weighted by molar-refractivity contribution is 6.74. The summed E-state index contributed by atoms with van der Waals surface area (Å²) < 4.78 is 18.3. The van der Waals surface area contributed by atoms with E-state index in [0.29, 0.717) is 12.5 Å². The van der Waals surface area contributed by atoms with Gasteiger partial charge in [0.15, 0.2) is 8.32 Å². The van der Waals surface area contributed by atoms with Crippen LogP contribution in [0.4, 0.5) is 0 Å². The van der Waals surface area contributed by atoms with E-state index >= 15 is 0 Å². The van der Waals surface area contributed by atoms with E-state index in [2.05, 4.69) is 47.7 Å². The SMILES string of the molecule is CCOC(=O)[C@@H]1[C@H]2CCCC[C@]21O[C@H](C)C[C@@H](C)O[Si](C)(C)C(C)(C)C. The van der Waals surface area contributed by atoms with Gasteiger partial charge in [0.1, 0.15) is 0 Å². The van der Waals surface area contributed by atoms with Crippen molar-refractivity contribution in [2.75, 3.05) is 6.61 Å². The molecular formula is C21H40O4Si. The highest BCUT2D eigenvalue weighted by atomic mass is 28.4. The number of carbonyl (C=O) groups is 1. The molecule has 2 aliphatic rings. The van der Waals surface area contributed by atoms with Gasteiger partial charge in [-0.05, 0) is 58.2 Å². The minimum absolute atomic E-state index is 0.0518. The maximum Gasteiger partial charge on any atom is 0.312 e. The maximum absolute atomic E-state index is 12.4. The van der Waals surface area contributed by atoms with Crippen molar-refractivity contribution in [1.29, 1.82) is 0 Å². The van der Waals surface area contributed by atoms with Crippen molar-refractivity contribution in [2.45, 2.75) is 110 Å². The van der Waals surface area contributed by atoms with Gasteiger partial charge in [-0.3, -0.25) is 4.79 Å². The molecule has 0 heterocycles. The van der Waals surface area contributed by atoms with Crippen LogP contribution in [0, 0.1) is 11.8 Å². The zero-order valence-corrected chi connectivity index (χ0v) is 19.2. The fraction of sp³-hybridized carbons (Fsp3) is 0.952. The van der Waals surface area contributed by atoms with Crippen molar-refractivity contribution in [3.05, 3.63) is 0 Å². The van der Waals surface area contributed by atoms with Crippen molar-refractivity contribution in [3.8, 4) is 0 Å². The number of carbonyl (C=O) groups excluding carboxylic acids is 1. The summed E-state index contributed by atoms with van der Waals surface area (Å²) in [6.45, 7) is 18.0. The van der Waals surface area contributed by atoms with E-state index in [1.807, 2.05) is 6.92 Å². The number of fused-ring (bicyclic) bond motifs is 1. The molecule has 152 valence electrons. The molecule has 5 atom stereocenters. The van der Waals surface area contributed by atoms with Crippen molar-refractivity contribution >= 4 is 14.3 Å². The van der Waals surface area contributed by atoms with Crippen LogP contribution in [0.2, 0.25) is 18.1 Å². The van der Waals surface area contributed by atoms with E-state index < -0.39 is 8.32 Å². The Hall–Kier alpha value is -0.393. The first-order valence-electron chi connectivity index (χ1n) is 10.5. The summed E-state index contributed by atoms with van der Waals surface area (Å²) in [6, 6.07) is 0. The van der Waals surface area contributed by atoms with E-state index in [1.54, 1.807) is 0 Å². The third-order valence-corrected chi connectivity index (χ3v) is 11.3. The Morgan fingerprint density at radius 2 is 1.85 bits per heavy atom. The van der Waals surface area contributed by atoms with Crippen LogP contribution in [0.15, 0.2) is 0 Å². The molecule has 26 heavy (non-hydrogen) atoms. The van der Waals surface area contributed by atoms with Gasteiger partial charge in [-0.1, -0.05) is 33.6 Å². The topological polar surface area (TPSA) is 44.8 Å². The number of rotatable bonds is 8. The fourth-order valence-corrected chi connectivity index (χ4v) is 5.90. The number of hydrogen-bond donors (Lipinski definition) is 0. The van der Waals surface area contributed by atoms with E-state index in [1.165, 1.54) is 6.42 Å². The molecule has 0 N–H and O–H groups in total. The number of ether oxygens (including phenoxy) is 2. The first-order valence-corrected chi connectivity index (χ1v) is 13.4. The van der Waals surface area contributed by atoms with Gasteiger partial charge < -0.3 is 13.9 Å². The second-order valence-corrected chi connectivity index (χ2v) is 14.6. The van der Waals surface area contributed by atoms with Gasteiger partial charge >= 0.3 is 5.97 Å². The van der Waals surface area contributed by atoms with Gasteiger partial charge in [0, 0.05) is 12.0 Å². The summed E-state index contributed by atoms with van der Waals surface area (Å²) in [5, 5.41) is 0.212. The zero-order chi connectivity index (χ0) is 19.8. The molecule has 0 radical (unpaired) electrons. The van der Waals surface area contributed by atoms with Crippen molar-refractivity contribution < 1.29 is 18.7 Å². The second kappa shape index (κ2) is 7.92. The van der Waals surface area contributed by atoms with Gasteiger partial charge in [0.05, 0.1) is 24.2 Å². The molecule has 0 spiro atoms. The number of esters is 1. The normalized spacial score (nSPS) is 31.1. The third kappa shape index (κ3) is 4.53. The Balaban J connectivity index is 1.94. The van der Waals surface area contributed by atoms with Gasteiger partial charge in [0.2, 0.25) is 0 Å². The summed E-state index contributed by atoms with van der Waals surface area (Å²) in [5.74, 6) is 0.246. The average Bonchev–Trinajstić information content (AvgIpc) is 3.13. The minimum atomic E-state index is -1.77. The van der Waals surface area contributed by atoms with Crippen LogP contribution in [0.3, 0.4) is 0 Å². The first-order chi connectivity index (χ1) is 11.9. The Morgan fingerprint density at radius 1 is 1.19 bits per heavy atom. The second-order valence-electron chi connectivity index (χ2n) is 9.89. The van der Waals surface area contributed by atoms with Crippen LogP contribution < -0.4 is 0 Å². The van der Waals surface area contributed by atoms with Crippen LogP contribution in [-0.4, -0.2) is 38.7 Å². The standard InChI is InChI=1S/C21H40O4Si/c1-9-23-19(22)18-17-12-10-11-13-21(17,18)24-15(2)14-16(3)25-26(7,8)20(4,5)6/h15-18H,9-14H2,1-8H3/t15-,16-,17-,18+,21+/m1/s1. The van der Waals surface area contributed by atoms with Crippen LogP contribution in [0.5, 0.6) is 0 Å². The highest BCUT2D eigenvalue weighted by Crippen LogP contribution is 2.62. The Bertz CT molecular complexity index is 499. The Morgan fingerprint density at radius 3 is 2.42 bits per heavy atom. The first kappa shape index (κ1) is 21.9. The molecule has 2 fully saturated rings. The van der Waals surface area contributed by atoms with Gasteiger partial charge in [-0.2, -0.15) is 0 Å². The fourth-order valence-electron chi connectivity index (χ4n) is 4.44. The average molecular weight is 385 g/mol. The van der Waals surface area contributed by atoms with Crippen LogP contribution in [0.25, 0.3) is 0 Å². The summed E-state index contributed by atoms with van der Waals surface area (Å²) in [6.07, 6.45) is 5.56. The Kier molecular flexibility index (Phi) is 6.67. The minimum Gasteiger partial charge on any atom is -0.466 e. The molecule has 0 saturated heterocycles. The lowest BCUT2D eigenvalue weighted by molar-refractivity contribution is -0.148. The lowest BCUT2D eigenvalue weighted by Gasteiger charge is -2.39. The largest absolute Gasteiger partial charge is 0.466 e. The molecule has 4 nitrogen and oxygen atoms in total. The maximum atomic E-state index is 12.4. The van der Waals surface area contributed by atoms with Crippen molar-refractivity contribution in [3.63, 3.8) is 0 Å². The van der Waals surface area contributed by atoms with Gasteiger partial charge in [-0.25, -0.2) is 0 Å². The Labute approximate surface area is 161 Å². The van der Waals surface area contributed by atoms with Crippen LogP contribution >= 0.6 is 0 Å². The predicted molar refractivity (Wildman–Crippen MR) is 108 cm³/mol. The molecule has 5 heteroatoms. The van der Waals surface area contributed by atoms with E-state index in [0.717, 1.165) is 25.7 Å². The molecule has 0 aromatic heterocycles. The third-order valence-electron chi connectivity index (χ3n) is 6.71. The highest BCUT2D eigenvalue weighted by Gasteiger charge is 2.70. The molecule has 2 saturated carbocycles. The molecule has 0 aliphatic heterocycles. The number of hydrogen-bond acceptors (Lipinski definition) is 4. The van der Waals surface area contributed by atoms with E-state index in [-0.39, 0.29) is 34.7 Å².